The van der Waals surface area contributed by atoms with Gasteiger partial charge in [0.2, 0.25) is 10.0 Å². The maximum absolute atomic E-state index is 12.1. The normalized spacial score (nSPS) is 13.8. The third-order valence-electron chi connectivity index (χ3n) is 2.51. The summed E-state index contributed by atoms with van der Waals surface area (Å²) in [7, 11) is -3.47. The van der Waals surface area contributed by atoms with Gasteiger partial charge in [0.15, 0.2) is 0 Å². The quantitative estimate of drug-likeness (QED) is 0.907. The molecule has 0 spiro atoms. The number of hydrogen-bond acceptors (Lipinski definition) is 3. The van der Waals surface area contributed by atoms with Gasteiger partial charge >= 0.3 is 0 Å². The first-order valence-corrected chi connectivity index (χ1v) is 8.16. The van der Waals surface area contributed by atoms with E-state index in [1.54, 1.807) is 30.6 Å². The van der Waals surface area contributed by atoms with Crippen LogP contribution in [-0.4, -0.2) is 18.9 Å². The summed E-state index contributed by atoms with van der Waals surface area (Å²) in [6.07, 6.45) is 5.56. The van der Waals surface area contributed by atoms with Gasteiger partial charge in [-0.15, -0.1) is 0 Å². The van der Waals surface area contributed by atoms with Crippen LogP contribution >= 0.6 is 0 Å². The highest BCUT2D eigenvalue weighted by Gasteiger charge is 2.28. The van der Waals surface area contributed by atoms with Crippen molar-refractivity contribution in [2.24, 2.45) is 5.41 Å². The Balaban J connectivity index is 2.78. The summed E-state index contributed by atoms with van der Waals surface area (Å²) in [5.74, 6) is 0. The van der Waals surface area contributed by atoms with Gasteiger partial charge in [0.1, 0.15) is 0 Å². The summed E-state index contributed by atoms with van der Waals surface area (Å²) < 4.78 is 26.9. The molecule has 0 saturated heterocycles. The molecule has 20 heavy (non-hydrogen) atoms. The lowest BCUT2D eigenvalue weighted by Gasteiger charge is -2.32. The lowest BCUT2D eigenvalue weighted by atomic mass is 9.82. The minimum atomic E-state index is -3.47. The summed E-state index contributed by atoms with van der Waals surface area (Å²) in [5, 5.41) is 1.19. The Labute approximate surface area is 122 Å². The Morgan fingerprint density at radius 1 is 1.25 bits per heavy atom. The van der Waals surface area contributed by atoms with Gasteiger partial charge in [-0.3, -0.25) is 4.98 Å². The molecule has 1 aromatic rings. The third-order valence-corrected chi connectivity index (χ3v) is 3.85. The Morgan fingerprint density at radius 3 is 2.40 bits per heavy atom. The lowest BCUT2D eigenvalue weighted by molar-refractivity contribution is 0.270. The average Bonchev–Trinajstić information content (AvgIpc) is 2.23. The lowest BCUT2D eigenvalue weighted by Crippen LogP contribution is -2.44. The van der Waals surface area contributed by atoms with Crippen molar-refractivity contribution in [1.82, 2.24) is 9.71 Å². The zero-order valence-corrected chi connectivity index (χ0v) is 13.7. The van der Waals surface area contributed by atoms with Gasteiger partial charge in [-0.25, -0.2) is 13.1 Å². The second-order valence-electron chi connectivity index (χ2n) is 6.86. The molecule has 0 radical (unpaired) electrons. The Hall–Kier alpha value is -1.20. The van der Waals surface area contributed by atoms with E-state index in [9.17, 15) is 8.42 Å². The molecule has 0 atom stereocenters. The van der Waals surface area contributed by atoms with Gasteiger partial charge in [-0.1, -0.05) is 26.8 Å². The van der Waals surface area contributed by atoms with Gasteiger partial charge in [0.25, 0.3) is 0 Å². The third kappa shape index (κ3) is 6.82. The number of aromatic nitrogens is 1. The van der Waals surface area contributed by atoms with Crippen molar-refractivity contribution in [3.63, 3.8) is 0 Å². The van der Waals surface area contributed by atoms with Crippen LogP contribution in [0.1, 0.15) is 46.6 Å². The van der Waals surface area contributed by atoms with E-state index < -0.39 is 15.6 Å². The fourth-order valence-electron chi connectivity index (χ4n) is 2.42. The largest absolute Gasteiger partial charge is 0.264 e. The molecule has 1 N–H and O–H groups in total. The van der Waals surface area contributed by atoms with E-state index in [1.165, 1.54) is 5.41 Å². The van der Waals surface area contributed by atoms with Crippen LogP contribution in [0.4, 0.5) is 0 Å². The minimum absolute atomic E-state index is 0.0546. The second-order valence-corrected chi connectivity index (χ2v) is 8.42. The summed E-state index contributed by atoms with van der Waals surface area (Å²) in [6.45, 7) is 10.1. The first-order chi connectivity index (χ1) is 8.99. The highest BCUT2D eigenvalue weighted by molar-refractivity contribution is 7.92. The topological polar surface area (TPSA) is 59.1 Å². The molecule has 112 valence electrons. The molecule has 0 aliphatic heterocycles. The van der Waals surface area contributed by atoms with E-state index in [4.69, 9.17) is 0 Å². The molecule has 0 aliphatic rings. The van der Waals surface area contributed by atoms with E-state index in [0.717, 1.165) is 12.0 Å². The summed E-state index contributed by atoms with van der Waals surface area (Å²) in [5.41, 5.74) is 0.321. The van der Waals surface area contributed by atoms with E-state index in [2.05, 4.69) is 30.5 Å². The molecule has 0 bridgehead atoms. The molecule has 4 nitrogen and oxygen atoms in total. The van der Waals surface area contributed by atoms with Gasteiger partial charge in [0.05, 0.1) is 0 Å². The summed E-state index contributed by atoms with van der Waals surface area (Å²) >= 11 is 0. The number of pyridine rings is 1. The Morgan fingerprint density at radius 2 is 1.90 bits per heavy atom. The first kappa shape index (κ1) is 16.9. The van der Waals surface area contributed by atoms with Crippen molar-refractivity contribution in [2.75, 3.05) is 0 Å². The van der Waals surface area contributed by atoms with Gasteiger partial charge < -0.3 is 0 Å². The number of sulfonamides is 1. The maximum atomic E-state index is 12.1. The van der Waals surface area contributed by atoms with Crippen LogP contribution in [0.2, 0.25) is 0 Å². The molecule has 0 aliphatic carbocycles. The molecule has 0 aromatic carbocycles. The van der Waals surface area contributed by atoms with Gasteiger partial charge in [0, 0.05) is 23.3 Å². The van der Waals surface area contributed by atoms with Crippen molar-refractivity contribution in [2.45, 2.75) is 46.6 Å². The van der Waals surface area contributed by atoms with Crippen LogP contribution in [0.3, 0.4) is 0 Å². The van der Waals surface area contributed by atoms with Crippen LogP contribution in [0.5, 0.6) is 0 Å². The zero-order valence-electron chi connectivity index (χ0n) is 12.8. The summed E-state index contributed by atoms with van der Waals surface area (Å²) in [4.78, 5) is 3.94. The Kier molecular flexibility index (Phi) is 5.10. The van der Waals surface area contributed by atoms with Crippen molar-refractivity contribution in [3.05, 3.63) is 35.5 Å². The van der Waals surface area contributed by atoms with Crippen molar-refractivity contribution in [1.29, 1.82) is 0 Å². The molecule has 1 heterocycles. The predicted octanol–water partition coefficient (Wildman–Crippen LogP) is 3.19. The molecule has 5 heteroatoms. The average molecular weight is 296 g/mol. The molecule has 1 rings (SSSR count). The zero-order chi connectivity index (χ0) is 15.4. The van der Waals surface area contributed by atoms with Crippen molar-refractivity contribution >= 4 is 16.1 Å². The molecule has 0 saturated carbocycles. The van der Waals surface area contributed by atoms with Crippen molar-refractivity contribution < 1.29 is 8.42 Å². The van der Waals surface area contributed by atoms with Crippen LogP contribution in [-0.2, 0) is 10.0 Å². The van der Waals surface area contributed by atoms with Crippen LogP contribution < -0.4 is 4.72 Å². The van der Waals surface area contributed by atoms with E-state index in [-0.39, 0.29) is 5.41 Å². The number of nitrogens with zero attached hydrogens (tertiary/aromatic N) is 1. The molecule has 0 unspecified atom stereocenters. The second kappa shape index (κ2) is 6.06. The number of rotatable bonds is 5. The molecule has 1 aromatic heterocycles. The highest BCUT2D eigenvalue weighted by atomic mass is 32.2. The molecule has 0 fully saturated rings. The number of hydrogen-bond donors (Lipinski definition) is 1. The molecular formula is C15H24N2O2S. The van der Waals surface area contributed by atoms with Gasteiger partial charge in [-0.2, -0.15) is 0 Å². The van der Waals surface area contributed by atoms with Crippen LogP contribution in [0, 0.1) is 5.41 Å². The first-order valence-electron chi connectivity index (χ1n) is 6.61. The number of nitrogens with one attached hydrogen (secondary N) is 1. The Bertz CT molecular complexity index is 555. The monoisotopic (exact) mass is 296 g/mol. The smallest absolute Gasteiger partial charge is 0.234 e. The van der Waals surface area contributed by atoms with Gasteiger partial charge in [-0.05, 0) is 43.4 Å². The van der Waals surface area contributed by atoms with Crippen LogP contribution in [0.15, 0.2) is 29.9 Å². The van der Waals surface area contributed by atoms with E-state index >= 15 is 0 Å². The molecule has 0 amide bonds. The van der Waals surface area contributed by atoms with Crippen LogP contribution in [0.25, 0.3) is 6.08 Å². The summed E-state index contributed by atoms with van der Waals surface area (Å²) in [6, 6.07) is 3.57. The minimum Gasteiger partial charge on any atom is -0.264 e. The standard InChI is InChI=1S/C15H24N2O2S/c1-14(2,3)12-15(4,5)17-20(18,19)10-8-13-7-6-9-16-11-13/h6-11,17H,12H2,1-5H3. The highest BCUT2D eigenvalue weighted by Crippen LogP contribution is 2.27. The predicted molar refractivity (Wildman–Crippen MR) is 83.5 cm³/mol. The fraction of sp³-hybridized carbons (Fsp3) is 0.533. The molecular weight excluding hydrogens is 272 g/mol. The SMILES string of the molecule is CC(C)(C)CC(C)(C)NS(=O)(=O)C=Cc1cccnc1. The van der Waals surface area contributed by atoms with E-state index in [1.807, 2.05) is 13.8 Å². The van der Waals surface area contributed by atoms with Crippen molar-refractivity contribution in [3.8, 4) is 0 Å². The fourth-order valence-corrected chi connectivity index (χ4v) is 3.67. The van der Waals surface area contributed by atoms with E-state index in [0.29, 0.717) is 0 Å². The maximum Gasteiger partial charge on any atom is 0.234 e.